The number of allylic oxidation sites excluding steroid dienone is 1. The van der Waals surface area contributed by atoms with Crippen LogP contribution in [-0.4, -0.2) is 64.0 Å². The van der Waals surface area contributed by atoms with Gasteiger partial charge in [0.1, 0.15) is 17.6 Å². The van der Waals surface area contributed by atoms with Crippen molar-refractivity contribution in [2.75, 3.05) is 6.54 Å². The Hall–Kier alpha value is -3.24. The Balaban J connectivity index is 1.89. The van der Waals surface area contributed by atoms with Crippen molar-refractivity contribution in [1.29, 1.82) is 0 Å². The van der Waals surface area contributed by atoms with E-state index >= 15 is 0 Å². The van der Waals surface area contributed by atoms with Crippen LogP contribution in [0.5, 0.6) is 0 Å². The molecule has 220 valence electrons. The van der Waals surface area contributed by atoms with E-state index < -0.39 is 41.5 Å². The van der Waals surface area contributed by atoms with E-state index in [1.807, 2.05) is 43.3 Å². The highest BCUT2D eigenvalue weighted by Gasteiger charge is 2.39. The van der Waals surface area contributed by atoms with Crippen molar-refractivity contribution in [2.45, 2.75) is 97.0 Å². The molecule has 1 fully saturated rings. The number of hydrogen-bond donors (Lipinski definition) is 5. The van der Waals surface area contributed by atoms with Gasteiger partial charge in [-0.25, -0.2) is 5.43 Å². The molecule has 3 rings (SSSR count). The molecule has 2 aliphatic rings. The van der Waals surface area contributed by atoms with Crippen LogP contribution in [0.2, 0.25) is 0 Å². The van der Waals surface area contributed by atoms with Crippen LogP contribution in [0.4, 0.5) is 0 Å². The molecule has 5 N–H and O–H groups in total. The van der Waals surface area contributed by atoms with Crippen molar-refractivity contribution >= 4 is 29.7 Å². The minimum absolute atomic E-state index is 0.208. The summed E-state index contributed by atoms with van der Waals surface area (Å²) in [6.45, 7) is 10.8. The largest absolute Gasteiger partial charge is 0.392 e. The van der Waals surface area contributed by atoms with Gasteiger partial charge in [0.15, 0.2) is 0 Å². The van der Waals surface area contributed by atoms with Crippen LogP contribution in [0.3, 0.4) is 0 Å². The molecule has 1 unspecified atom stereocenters. The number of nitrogens with one attached hydrogen (secondary N) is 4. The number of hydrazine groups is 1. The van der Waals surface area contributed by atoms with Crippen LogP contribution in [0.15, 0.2) is 30.3 Å². The molecular formula is C30H45N5O5. The topological polar surface area (TPSA) is 140 Å². The van der Waals surface area contributed by atoms with E-state index in [1.54, 1.807) is 34.6 Å². The number of carbonyl (C=O) groups is 4. The summed E-state index contributed by atoms with van der Waals surface area (Å²) in [4.78, 5) is 52.9. The summed E-state index contributed by atoms with van der Waals surface area (Å²) in [5.41, 5.74) is 3.65. The van der Waals surface area contributed by atoms with E-state index in [-0.39, 0.29) is 23.8 Å². The van der Waals surface area contributed by atoms with Gasteiger partial charge >= 0.3 is 0 Å². The lowest BCUT2D eigenvalue weighted by Gasteiger charge is -2.39. The Morgan fingerprint density at radius 1 is 1.00 bits per heavy atom. The Kier molecular flexibility index (Phi) is 10.5. The first-order valence-electron chi connectivity index (χ1n) is 14.3. The van der Waals surface area contributed by atoms with Gasteiger partial charge < -0.3 is 21.1 Å². The first-order valence-corrected chi connectivity index (χ1v) is 14.3. The summed E-state index contributed by atoms with van der Waals surface area (Å²) in [7, 11) is 0. The van der Waals surface area contributed by atoms with Gasteiger partial charge in [0.25, 0.3) is 5.91 Å². The van der Waals surface area contributed by atoms with Crippen molar-refractivity contribution in [1.82, 2.24) is 26.4 Å². The molecule has 2 aliphatic heterocycles. The molecule has 0 radical (unpaired) electrons. The highest BCUT2D eigenvalue weighted by atomic mass is 16.3. The van der Waals surface area contributed by atoms with E-state index in [9.17, 15) is 24.3 Å². The van der Waals surface area contributed by atoms with Crippen LogP contribution in [0.25, 0.3) is 6.08 Å². The van der Waals surface area contributed by atoms with Gasteiger partial charge in [0.2, 0.25) is 17.7 Å². The lowest BCUT2D eigenvalue weighted by atomic mass is 9.95. The number of benzene rings is 1. The fraction of sp³-hybridized carbons (Fsp3) is 0.600. The van der Waals surface area contributed by atoms with Crippen molar-refractivity contribution < 1.29 is 24.3 Å². The third-order valence-corrected chi connectivity index (χ3v) is 7.66. The fourth-order valence-electron chi connectivity index (χ4n) is 4.96. The molecule has 0 spiro atoms. The van der Waals surface area contributed by atoms with E-state index in [4.69, 9.17) is 0 Å². The Labute approximate surface area is 237 Å². The zero-order valence-electron chi connectivity index (χ0n) is 24.5. The average Bonchev–Trinajstić information content (AvgIpc) is 2.92. The lowest BCUT2D eigenvalue weighted by Crippen LogP contribution is -2.66. The van der Waals surface area contributed by atoms with Crippen molar-refractivity contribution in [3.8, 4) is 0 Å². The third kappa shape index (κ3) is 7.91. The number of rotatable bonds is 1. The minimum Gasteiger partial charge on any atom is -0.392 e. The van der Waals surface area contributed by atoms with E-state index in [2.05, 4.69) is 21.4 Å². The van der Waals surface area contributed by atoms with Crippen LogP contribution >= 0.6 is 0 Å². The summed E-state index contributed by atoms with van der Waals surface area (Å²) in [5.74, 6) is -2.49. The number of carbonyl (C=O) groups excluding carboxylic acids is 4. The summed E-state index contributed by atoms with van der Waals surface area (Å²) >= 11 is 0. The number of nitrogens with zero attached hydrogens (tertiary/aromatic N) is 1. The van der Waals surface area contributed by atoms with Crippen LogP contribution < -0.4 is 21.4 Å². The lowest BCUT2D eigenvalue weighted by molar-refractivity contribution is -0.147. The van der Waals surface area contributed by atoms with E-state index in [1.165, 1.54) is 5.01 Å². The first kappa shape index (κ1) is 31.3. The average molecular weight is 556 g/mol. The SMILES string of the molecule is CC(C)[C@@H]1NC(=O)[C@H](C)C(O)CC/C=C/c2cccc(c2)[C@@H](C)NC(=O)[C@@H]2CCCN(N2)C(=O)C(C)(C)NC1=O. The molecule has 0 aromatic heterocycles. The molecular weight excluding hydrogens is 510 g/mol. The number of amides is 4. The Morgan fingerprint density at radius 3 is 2.42 bits per heavy atom. The molecule has 4 bridgehead atoms. The maximum Gasteiger partial charge on any atom is 0.261 e. The molecule has 10 heteroatoms. The predicted octanol–water partition coefficient (Wildman–Crippen LogP) is 2.20. The van der Waals surface area contributed by atoms with Gasteiger partial charge in [-0.05, 0) is 69.6 Å². The quantitative estimate of drug-likeness (QED) is 0.360. The molecule has 2 heterocycles. The van der Waals surface area contributed by atoms with Gasteiger partial charge in [-0.15, -0.1) is 0 Å². The van der Waals surface area contributed by atoms with Gasteiger partial charge in [-0.3, -0.25) is 24.2 Å². The Morgan fingerprint density at radius 2 is 1.73 bits per heavy atom. The maximum atomic E-state index is 13.5. The van der Waals surface area contributed by atoms with Crippen LogP contribution in [0, 0.1) is 11.8 Å². The molecule has 0 aliphatic carbocycles. The number of hydrogen-bond acceptors (Lipinski definition) is 6. The van der Waals surface area contributed by atoms with Crippen LogP contribution in [0.1, 0.15) is 84.4 Å². The molecule has 10 nitrogen and oxygen atoms in total. The zero-order valence-corrected chi connectivity index (χ0v) is 24.5. The monoisotopic (exact) mass is 555 g/mol. The molecule has 4 amide bonds. The predicted molar refractivity (Wildman–Crippen MR) is 153 cm³/mol. The van der Waals surface area contributed by atoms with Crippen molar-refractivity contribution in [3.05, 3.63) is 41.5 Å². The first-order chi connectivity index (χ1) is 18.8. The van der Waals surface area contributed by atoms with Crippen molar-refractivity contribution in [3.63, 3.8) is 0 Å². The van der Waals surface area contributed by atoms with Gasteiger partial charge in [-0.2, -0.15) is 0 Å². The highest BCUT2D eigenvalue weighted by molar-refractivity contribution is 5.94. The number of fused-ring (bicyclic) bond motifs is 4. The molecule has 5 atom stereocenters. The van der Waals surface area contributed by atoms with Crippen LogP contribution in [-0.2, 0) is 19.2 Å². The molecule has 0 saturated carbocycles. The minimum atomic E-state index is -1.30. The number of aliphatic hydroxyl groups excluding tert-OH is 1. The number of aliphatic hydroxyl groups is 1. The third-order valence-electron chi connectivity index (χ3n) is 7.66. The normalized spacial score (nSPS) is 29.9. The molecule has 1 aromatic rings. The highest BCUT2D eigenvalue weighted by Crippen LogP contribution is 2.19. The Bertz CT molecular complexity index is 1120. The smallest absolute Gasteiger partial charge is 0.261 e. The van der Waals surface area contributed by atoms with Gasteiger partial charge in [0.05, 0.1) is 18.1 Å². The second-order valence-electron chi connectivity index (χ2n) is 11.9. The van der Waals surface area contributed by atoms with Gasteiger partial charge in [-0.1, -0.05) is 51.1 Å². The summed E-state index contributed by atoms with van der Waals surface area (Å²) < 4.78 is 0. The second-order valence-corrected chi connectivity index (χ2v) is 11.9. The second kappa shape index (κ2) is 13.4. The molecule has 1 aromatic carbocycles. The van der Waals surface area contributed by atoms with Crippen molar-refractivity contribution in [2.24, 2.45) is 11.8 Å². The standard InChI is InChI=1S/C30H45N5O5/c1-18(2)25-28(39)33-30(5,6)29(40)35-16-10-14-23(34-35)27(38)31-20(4)22-13-9-12-21(17-22)11-7-8-15-24(36)19(3)26(37)32-25/h7,9,11-13,17-20,23-25,34,36H,8,10,14-16H2,1-6H3,(H,31,38)(H,32,37)(H,33,39)/b11-7+/t19-,20-,23+,24?,25+/m1/s1. The molecule has 40 heavy (non-hydrogen) atoms. The fourth-order valence-corrected chi connectivity index (χ4v) is 4.96. The summed E-state index contributed by atoms with van der Waals surface area (Å²) in [5, 5.41) is 20.7. The van der Waals surface area contributed by atoms with Gasteiger partial charge in [0, 0.05) is 6.54 Å². The van der Waals surface area contributed by atoms with E-state index in [0.717, 1.165) is 11.1 Å². The maximum absolute atomic E-state index is 13.5. The summed E-state index contributed by atoms with van der Waals surface area (Å²) in [6.07, 6.45) is 5.14. The summed E-state index contributed by atoms with van der Waals surface area (Å²) in [6, 6.07) is 6.10. The molecule has 1 saturated heterocycles. The van der Waals surface area contributed by atoms with E-state index in [0.29, 0.717) is 32.2 Å². The zero-order chi connectivity index (χ0) is 29.6.